The second-order valence-electron chi connectivity index (χ2n) is 4.99. The standard InChI is InChI=1S/C13H22N6/c1-4-19-13(16-10-17-19)9-18-6-5-15-12(18)8-14-7-11(2)3/h5-6,10-11,14H,4,7-9H2,1-3H3. The molecule has 0 aliphatic rings. The molecular weight excluding hydrogens is 240 g/mol. The molecule has 0 aliphatic heterocycles. The molecule has 104 valence electrons. The minimum absolute atomic E-state index is 0.645. The van der Waals surface area contributed by atoms with Crippen molar-refractivity contribution in [3.8, 4) is 0 Å². The molecule has 6 nitrogen and oxygen atoms in total. The zero-order chi connectivity index (χ0) is 13.7. The van der Waals surface area contributed by atoms with Gasteiger partial charge in [-0.15, -0.1) is 0 Å². The lowest BCUT2D eigenvalue weighted by Gasteiger charge is -2.10. The lowest BCUT2D eigenvalue weighted by atomic mass is 10.2. The van der Waals surface area contributed by atoms with Crippen LogP contribution in [0.5, 0.6) is 0 Å². The Bertz CT molecular complexity index is 499. The van der Waals surface area contributed by atoms with E-state index in [1.165, 1.54) is 0 Å². The van der Waals surface area contributed by atoms with E-state index in [0.717, 1.165) is 31.3 Å². The Morgan fingerprint density at radius 2 is 2.11 bits per heavy atom. The van der Waals surface area contributed by atoms with Gasteiger partial charge in [0, 0.05) is 18.9 Å². The normalized spacial score (nSPS) is 11.4. The maximum absolute atomic E-state index is 4.39. The first kappa shape index (κ1) is 13.7. The lowest BCUT2D eigenvalue weighted by Crippen LogP contribution is -2.22. The first-order valence-corrected chi connectivity index (χ1v) is 6.78. The highest BCUT2D eigenvalue weighted by Gasteiger charge is 2.07. The van der Waals surface area contributed by atoms with Gasteiger partial charge in [-0.25, -0.2) is 14.6 Å². The van der Waals surface area contributed by atoms with Crippen molar-refractivity contribution in [2.24, 2.45) is 5.92 Å². The molecule has 0 saturated heterocycles. The van der Waals surface area contributed by atoms with Gasteiger partial charge in [0.25, 0.3) is 0 Å². The summed E-state index contributed by atoms with van der Waals surface area (Å²) >= 11 is 0. The molecule has 2 aromatic rings. The van der Waals surface area contributed by atoms with Crippen LogP contribution in [0.3, 0.4) is 0 Å². The number of hydrogen-bond donors (Lipinski definition) is 1. The van der Waals surface area contributed by atoms with Gasteiger partial charge in [0.2, 0.25) is 0 Å². The Balaban J connectivity index is 1.99. The summed E-state index contributed by atoms with van der Waals surface area (Å²) in [6.45, 7) is 9.80. The maximum atomic E-state index is 4.39. The van der Waals surface area contributed by atoms with E-state index in [-0.39, 0.29) is 0 Å². The number of nitrogens with zero attached hydrogens (tertiary/aromatic N) is 5. The highest BCUT2D eigenvalue weighted by Crippen LogP contribution is 2.03. The molecule has 1 N–H and O–H groups in total. The van der Waals surface area contributed by atoms with E-state index in [1.807, 2.05) is 17.1 Å². The Morgan fingerprint density at radius 3 is 2.84 bits per heavy atom. The molecule has 0 radical (unpaired) electrons. The number of aromatic nitrogens is 5. The Morgan fingerprint density at radius 1 is 1.26 bits per heavy atom. The molecule has 0 amide bonds. The van der Waals surface area contributed by atoms with Crippen LogP contribution >= 0.6 is 0 Å². The van der Waals surface area contributed by atoms with Crippen LogP contribution < -0.4 is 5.32 Å². The van der Waals surface area contributed by atoms with Crippen LogP contribution in [0.4, 0.5) is 0 Å². The minimum atomic E-state index is 0.645. The summed E-state index contributed by atoms with van der Waals surface area (Å²) in [7, 11) is 0. The van der Waals surface area contributed by atoms with Crippen LogP contribution in [-0.4, -0.2) is 30.9 Å². The third-order valence-electron chi connectivity index (χ3n) is 2.94. The third-order valence-corrected chi connectivity index (χ3v) is 2.94. The van der Waals surface area contributed by atoms with Crippen molar-refractivity contribution in [2.75, 3.05) is 6.54 Å². The van der Waals surface area contributed by atoms with Crippen LogP contribution in [0.25, 0.3) is 0 Å². The molecule has 0 bridgehead atoms. The fourth-order valence-corrected chi connectivity index (χ4v) is 1.95. The largest absolute Gasteiger partial charge is 0.326 e. The van der Waals surface area contributed by atoms with E-state index in [2.05, 4.69) is 45.7 Å². The van der Waals surface area contributed by atoms with Crippen molar-refractivity contribution < 1.29 is 0 Å². The van der Waals surface area contributed by atoms with Crippen LogP contribution in [0, 0.1) is 5.92 Å². The van der Waals surface area contributed by atoms with Gasteiger partial charge in [-0.2, -0.15) is 5.10 Å². The molecule has 2 aromatic heterocycles. The van der Waals surface area contributed by atoms with Gasteiger partial charge in [0.15, 0.2) is 0 Å². The Labute approximate surface area is 113 Å². The SMILES string of the molecule is CCn1ncnc1Cn1ccnc1CNCC(C)C. The van der Waals surface area contributed by atoms with E-state index in [0.29, 0.717) is 12.5 Å². The van der Waals surface area contributed by atoms with Crippen molar-refractivity contribution in [2.45, 2.75) is 40.4 Å². The molecule has 0 atom stereocenters. The minimum Gasteiger partial charge on any atom is -0.326 e. The highest BCUT2D eigenvalue weighted by molar-refractivity contribution is 4.97. The molecule has 19 heavy (non-hydrogen) atoms. The van der Waals surface area contributed by atoms with Crippen molar-refractivity contribution >= 4 is 0 Å². The summed E-state index contributed by atoms with van der Waals surface area (Å²) < 4.78 is 4.02. The van der Waals surface area contributed by atoms with Gasteiger partial charge in [0.1, 0.15) is 18.0 Å². The number of aryl methyl sites for hydroxylation is 1. The number of nitrogens with one attached hydrogen (secondary N) is 1. The maximum Gasteiger partial charge on any atom is 0.146 e. The fourth-order valence-electron chi connectivity index (χ4n) is 1.95. The van der Waals surface area contributed by atoms with E-state index in [1.54, 1.807) is 6.33 Å². The Hall–Kier alpha value is -1.69. The summed E-state index contributed by atoms with van der Waals surface area (Å²) in [6.07, 6.45) is 5.42. The van der Waals surface area contributed by atoms with Gasteiger partial charge >= 0.3 is 0 Å². The molecule has 0 saturated carbocycles. The van der Waals surface area contributed by atoms with Gasteiger partial charge in [-0.05, 0) is 19.4 Å². The zero-order valence-corrected chi connectivity index (χ0v) is 11.9. The molecule has 0 fully saturated rings. The van der Waals surface area contributed by atoms with Crippen molar-refractivity contribution in [3.63, 3.8) is 0 Å². The number of imidazole rings is 1. The van der Waals surface area contributed by atoms with Gasteiger partial charge in [0.05, 0.1) is 13.1 Å². The monoisotopic (exact) mass is 262 g/mol. The predicted molar refractivity (Wildman–Crippen MR) is 73.6 cm³/mol. The van der Waals surface area contributed by atoms with Gasteiger partial charge in [-0.1, -0.05) is 13.8 Å². The van der Waals surface area contributed by atoms with Gasteiger partial charge in [-0.3, -0.25) is 0 Å². The summed E-state index contributed by atoms with van der Waals surface area (Å²) in [6, 6.07) is 0. The fraction of sp³-hybridized carbons (Fsp3) is 0.615. The van der Waals surface area contributed by atoms with Crippen LogP contribution in [0.15, 0.2) is 18.7 Å². The molecule has 0 unspecified atom stereocenters. The first-order chi connectivity index (χ1) is 9.20. The van der Waals surface area contributed by atoms with Crippen molar-refractivity contribution in [1.29, 1.82) is 0 Å². The molecule has 0 spiro atoms. The topological polar surface area (TPSA) is 60.6 Å². The van der Waals surface area contributed by atoms with E-state index in [9.17, 15) is 0 Å². The first-order valence-electron chi connectivity index (χ1n) is 6.78. The Kier molecular flexibility index (Phi) is 4.68. The van der Waals surface area contributed by atoms with Crippen molar-refractivity contribution in [3.05, 3.63) is 30.4 Å². The summed E-state index contributed by atoms with van der Waals surface area (Å²) in [5, 5.41) is 7.60. The summed E-state index contributed by atoms with van der Waals surface area (Å²) in [4.78, 5) is 8.69. The zero-order valence-electron chi connectivity index (χ0n) is 11.9. The van der Waals surface area contributed by atoms with E-state index in [4.69, 9.17) is 0 Å². The van der Waals surface area contributed by atoms with Crippen LogP contribution in [0.1, 0.15) is 32.4 Å². The second kappa shape index (κ2) is 6.47. The molecule has 6 heteroatoms. The molecular formula is C13H22N6. The number of hydrogen-bond acceptors (Lipinski definition) is 4. The molecule has 2 rings (SSSR count). The van der Waals surface area contributed by atoms with Crippen LogP contribution in [-0.2, 0) is 19.6 Å². The average Bonchev–Trinajstić information content (AvgIpc) is 2.99. The predicted octanol–water partition coefficient (Wildman–Crippen LogP) is 1.29. The second-order valence-corrected chi connectivity index (χ2v) is 4.99. The van der Waals surface area contributed by atoms with Crippen molar-refractivity contribution in [1.82, 2.24) is 29.6 Å². The smallest absolute Gasteiger partial charge is 0.146 e. The highest BCUT2D eigenvalue weighted by atomic mass is 15.3. The summed E-state index contributed by atoms with van der Waals surface area (Å²) in [5.41, 5.74) is 0. The van der Waals surface area contributed by atoms with Gasteiger partial charge < -0.3 is 9.88 Å². The number of rotatable bonds is 7. The quantitative estimate of drug-likeness (QED) is 0.817. The molecule has 2 heterocycles. The average molecular weight is 262 g/mol. The van der Waals surface area contributed by atoms with Crippen LogP contribution in [0.2, 0.25) is 0 Å². The molecule has 0 aliphatic carbocycles. The molecule has 0 aromatic carbocycles. The lowest BCUT2D eigenvalue weighted by molar-refractivity contribution is 0.525. The van der Waals surface area contributed by atoms with E-state index >= 15 is 0 Å². The third kappa shape index (κ3) is 3.64. The van der Waals surface area contributed by atoms with E-state index < -0.39 is 0 Å². The summed E-state index contributed by atoms with van der Waals surface area (Å²) in [5.74, 6) is 2.64.